The molecule has 0 radical (unpaired) electrons. The quantitative estimate of drug-likeness (QED) is 0.673. The number of thioether (sulfide) groups is 1. The number of aliphatic hydroxyl groups excluding tert-OH is 1. The molecule has 1 amide bonds. The second-order valence-electron chi connectivity index (χ2n) is 3.24. The normalized spacial score (nSPS) is 12.2. The smallest absolute Gasteiger partial charge is 0.243 e. The van der Waals surface area contributed by atoms with E-state index in [4.69, 9.17) is 10.8 Å². The Morgan fingerprint density at radius 2 is 2.12 bits per heavy atom. The predicted molar refractivity (Wildman–Crippen MR) is 66.5 cm³/mol. The zero-order valence-electron chi connectivity index (χ0n) is 9.14. The van der Waals surface area contributed by atoms with E-state index < -0.39 is 6.04 Å². The van der Waals surface area contributed by atoms with Crippen molar-refractivity contribution >= 4 is 23.4 Å². The third-order valence-electron chi connectivity index (χ3n) is 1.97. The Morgan fingerprint density at radius 1 is 1.50 bits per heavy atom. The highest BCUT2D eigenvalue weighted by Gasteiger charge is 2.11. The van der Waals surface area contributed by atoms with Gasteiger partial charge >= 0.3 is 0 Å². The van der Waals surface area contributed by atoms with E-state index in [1.165, 1.54) is 0 Å². The molecular formula is C11H16N2O2S. The molecule has 0 aliphatic rings. The highest BCUT2D eigenvalue weighted by Crippen LogP contribution is 2.19. The van der Waals surface area contributed by atoms with Crippen LogP contribution in [0.25, 0.3) is 0 Å². The van der Waals surface area contributed by atoms with Gasteiger partial charge in [-0.25, -0.2) is 0 Å². The number of amides is 1. The molecule has 16 heavy (non-hydrogen) atoms. The molecule has 0 saturated carbocycles. The summed E-state index contributed by atoms with van der Waals surface area (Å²) in [7, 11) is 0. The van der Waals surface area contributed by atoms with Crippen molar-refractivity contribution in [1.29, 1.82) is 0 Å². The van der Waals surface area contributed by atoms with Gasteiger partial charge in [-0.3, -0.25) is 4.79 Å². The van der Waals surface area contributed by atoms with Crippen LogP contribution in [0, 0.1) is 0 Å². The van der Waals surface area contributed by atoms with Crippen molar-refractivity contribution in [3.05, 3.63) is 24.3 Å². The monoisotopic (exact) mass is 240 g/mol. The Bertz CT molecular complexity index is 340. The van der Waals surface area contributed by atoms with Crippen LogP contribution in [0.4, 0.5) is 5.69 Å². The summed E-state index contributed by atoms with van der Waals surface area (Å²) in [6.45, 7) is 1.73. The van der Waals surface area contributed by atoms with Crippen molar-refractivity contribution < 1.29 is 9.90 Å². The fourth-order valence-electron chi connectivity index (χ4n) is 1.12. The lowest BCUT2D eigenvalue weighted by molar-refractivity contribution is -0.118. The SMILES string of the molecule is CCSc1ccc(NC(=O)C(N)CO)cc1. The minimum atomic E-state index is -0.871. The molecule has 5 heteroatoms. The third kappa shape index (κ3) is 3.84. The topological polar surface area (TPSA) is 75.4 Å². The van der Waals surface area contributed by atoms with Crippen LogP contribution in [-0.4, -0.2) is 29.4 Å². The lowest BCUT2D eigenvalue weighted by atomic mass is 10.2. The van der Waals surface area contributed by atoms with Gasteiger partial charge in [0, 0.05) is 10.6 Å². The van der Waals surface area contributed by atoms with Crippen molar-refractivity contribution in [2.75, 3.05) is 17.7 Å². The van der Waals surface area contributed by atoms with Gasteiger partial charge in [0.05, 0.1) is 6.61 Å². The summed E-state index contributed by atoms with van der Waals surface area (Å²) in [5.41, 5.74) is 6.06. The zero-order valence-corrected chi connectivity index (χ0v) is 9.96. The van der Waals surface area contributed by atoms with Crippen LogP contribution >= 0.6 is 11.8 Å². The Kier molecular flexibility index (Phi) is 5.31. The lowest BCUT2D eigenvalue weighted by Crippen LogP contribution is -2.38. The molecule has 0 spiro atoms. The summed E-state index contributed by atoms with van der Waals surface area (Å²) in [6, 6.07) is 6.65. The van der Waals surface area contributed by atoms with Gasteiger partial charge in [0.15, 0.2) is 0 Å². The standard InChI is InChI=1S/C11H16N2O2S/c1-2-16-9-5-3-8(4-6-9)13-11(15)10(12)7-14/h3-6,10,14H,2,7,12H2,1H3,(H,13,15). The van der Waals surface area contributed by atoms with E-state index in [0.29, 0.717) is 5.69 Å². The third-order valence-corrected chi connectivity index (χ3v) is 2.86. The average molecular weight is 240 g/mol. The molecule has 0 saturated heterocycles. The summed E-state index contributed by atoms with van der Waals surface area (Å²) in [5.74, 6) is 0.638. The summed E-state index contributed by atoms with van der Waals surface area (Å²) >= 11 is 1.74. The van der Waals surface area contributed by atoms with Crippen molar-refractivity contribution in [2.24, 2.45) is 5.73 Å². The molecule has 0 bridgehead atoms. The van der Waals surface area contributed by atoms with Gasteiger partial charge < -0.3 is 16.2 Å². The number of benzene rings is 1. The van der Waals surface area contributed by atoms with E-state index in [1.54, 1.807) is 11.8 Å². The number of rotatable bonds is 5. The predicted octanol–water partition coefficient (Wildman–Crippen LogP) is 1.06. The number of anilines is 1. The fourth-order valence-corrected chi connectivity index (χ4v) is 1.78. The molecule has 1 aromatic rings. The van der Waals surface area contributed by atoms with Crippen molar-refractivity contribution in [3.63, 3.8) is 0 Å². The maximum atomic E-state index is 11.4. The summed E-state index contributed by atoms with van der Waals surface area (Å²) < 4.78 is 0. The maximum absolute atomic E-state index is 11.4. The van der Waals surface area contributed by atoms with Gasteiger partial charge in [-0.15, -0.1) is 11.8 Å². The highest BCUT2D eigenvalue weighted by atomic mass is 32.2. The van der Waals surface area contributed by atoms with Crippen LogP contribution in [0.2, 0.25) is 0 Å². The van der Waals surface area contributed by atoms with E-state index in [-0.39, 0.29) is 12.5 Å². The number of nitrogens with one attached hydrogen (secondary N) is 1. The maximum Gasteiger partial charge on any atom is 0.243 e. The van der Waals surface area contributed by atoms with Crippen molar-refractivity contribution in [3.8, 4) is 0 Å². The van der Waals surface area contributed by atoms with Gasteiger partial charge in [-0.1, -0.05) is 6.92 Å². The van der Waals surface area contributed by atoms with Crippen molar-refractivity contribution in [1.82, 2.24) is 0 Å². The van der Waals surface area contributed by atoms with Gasteiger partial charge in [-0.2, -0.15) is 0 Å². The second-order valence-corrected chi connectivity index (χ2v) is 4.57. The number of hydrogen-bond donors (Lipinski definition) is 3. The number of hydrogen-bond acceptors (Lipinski definition) is 4. The minimum Gasteiger partial charge on any atom is -0.394 e. The Morgan fingerprint density at radius 3 is 2.62 bits per heavy atom. The molecular weight excluding hydrogens is 224 g/mol. The van der Waals surface area contributed by atoms with Crippen LogP contribution in [-0.2, 0) is 4.79 Å². The summed E-state index contributed by atoms with van der Waals surface area (Å²) in [5, 5.41) is 11.3. The first-order chi connectivity index (χ1) is 7.67. The number of aliphatic hydroxyl groups is 1. The van der Waals surface area contributed by atoms with Crippen LogP contribution in [0.5, 0.6) is 0 Å². The second kappa shape index (κ2) is 6.52. The Labute approximate surface area is 99.2 Å². The summed E-state index contributed by atoms with van der Waals surface area (Å²) in [6.07, 6.45) is 0. The van der Waals surface area contributed by atoms with Crippen molar-refractivity contribution in [2.45, 2.75) is 17.9 Å². The average Bonchev–Trinajstić information content (AvgIpc) is 2.31. The van der Waals surface area contributed by atoms with E-state index in [1.807, 2.05) is 24.3 Å². The van der Waals surface area contributed by atoms with E-state index in [9.17, 15) is 4.79 Å². The largest absolute Gasteiger partial charge is 0.394 e. The molecule has 0 aromatic heterocycles. The van der Waals surface area contributed by atoms with Gasteiger partial charge in [0.1, 0.15) is 6.04 Å². The van der Waals surface area contributed by atoms with E-state index in [0.717, 1.165) is 10.6 Å². The Balaban J connectivity index is 2.58. The molecule has 0 fully saturated rings. The van der Waals surface area contributed by atoms with E-state index >= 15 is 0 Å². The molecule has 0 aliphatic heterocycles. The molecule has 4 nitrogen and oxygen atoms in total. The van der Waals surface area contributed by atoms with E-state index in [2.05, 4.69) is 12.2 Å². The molecule has 1 rings (SSSR count). The lowest BCUT2D eigenvalue weighted by Gasteiger charge is -2.09. The van der Waals surface area contributed by atoms with Gasteiger partial charge in [0.2, 0.25) is 5.91 Å². The Hall–Kier alpha value is -1.04. The first kappa shape index (κ1) is 13.0. The van der Waals surface area contributed by atoms with Gasteiger partial charge in [-0.05, 0) is 30.0 Å². The molecule has 4 N–H and O–H groups in total. The summed E-state index contributed by atoms with van der Waals surface area (Å²) in [4.78, 5) is 12.5. The van der Waals surface area contributed by atoms with Crippen LogP contribution < -0.4 is 11.1 Å². The zero-order chi connectivity index (χ0) is 12.0. The van der Waals surface area contributed by atoms with Crippen LogP contribution in [0.15, 0.2) is 29.2 Å². The first-order valence-corrected chi connectivity index (χ1v) is 6.06. The minimum absolute atomic E-state index is 0.352. The molecule has 1 aromatic carbocycles. The number of carbonyl (C=O) groups excluding carboxylic acids is 1. The molecule has 0 heterocycles. The van der Waals surface area contributed by atoms with Crippen LogP contribution in [0.1, 0.15) is 6.92 Å². The fraction of sp³-hybridized carbons (Fsp3) is 0.364. The van der Waals surface area contributed by atoms with Gasteiger partial charge in [0.25, 0.3) is 0 Å². The molecule has 1 unspecified atom stereocenters. The number of nitrogens with two attached hydrogens (primary N) is 1. The first-order valence-electron chi connectivity index (χ1n) is 5.07. The number of carbonyl (C=O) groups is 1. The molecule has 88 valence electrons. The molecule has 1 atom stereocenters. The molecule has 0 aliphatic carbocycles. The van der Waals surface area contributed by atoms with Crippen LogP contribution in [0.3, 0.4) is 0 Å². The highest BCUT2D eigenvalue weighted by molar-refractivity contribution is 7.99.